The number of rotatable bonds is 4. The lowest BCUT2D eigenvalue weighted by molar-refractivity contribution is -0.115. The van der Waals surface area contributed by atoms with Gasteiger partial charge in [0, 0.05) is 5.69 Å². The molecule has 0 aromatic heterocycles. The molecule has 0 saturated heterocycles. The van der Waals surface area contributed by atoms with Gasteiger partial charge in [-0.15, -0.1) is 0 Å². The molecule has 0 heterocycles. The second kappa shape index (κ2) is 5.91. The third kappa shape index (κ3) is 3.34. The number of nitrogens with one attached hydrogen (secondary N) is 1. The number of benzene rings is 1. The predicted octanol–water partition coefficient (Wildman–Crippen LogP) is 3.36. The second-order valence-corrected chi connectivity index (χ2v) is 4.48. The molecular weight excluding hydrogens is 254 g/mol. The third-order valence-corrected chi connectivity index (χ3v) is 3.36. The van der Waals surface area contributed by atoms with Crippen LogP contribution in [0.2, 0.25) is 0 Å². The Kier molecular flexibility index (Phi) is 4.82. The minimum absolute atomic E-state index is 0.0263. The van der Waals surface area contributed by atoms with Crippen molar-refractivity contribution >= 4 is 27.5 Å². The maximum Gasteiger partial charge on any atom is 0.238 e. The molecule has 82 valence electrons. The normalized spacial score (nSPS) is 12.2. The Hall–Kier alpha value is -0.830. The van der Waals surface area contributed by atoms with Crippen molar-refractivity contribution in [2.24, 2.45) is 0 Å². The van der Waals surface area contributed by atoms with Gasteiger partial charge < -0.3 is 5.32 Å². The molecule has 1 aromatic rings. The fraction of sp³-hybridized carbons (Fsp3) is 0.417. The molecule has 0 fully saturated rings. The summed E-state index contributed by atoms with van der Waals surface area (Å²) < 4.78 is 0. The summed E-state index contributed by atoms with van der Waals surface area (Å²) >= 11 is 3.33. The van der Waals surface area contributed by atoms with E-state index >= 15 is 0 Å². The largest absolute Gasteiger partial charge is 0.325 e. The van der Waals surface area contributed by atoms with Crippen LogP contribution in [0.4, 0.5) is 5.69 Å². The van der Waals surface area contributed by atoms with Gasteiger partial charge in [-0.05, 0) is 24.5 Å². The molecule has 0 aliphatic heterocycles. The van der Waals surface area contributed by atoms with Crippen molar-refractivity contribution in [2.45, 2.75) is 31.5 Å². The summed E-state index contributed by atoms with van der Waals surface area (Å²) in [6.07, 6.45) is 1.72. The third-order valence-electron chi connectivity index (χ3n) is 2.30. The molecule has 0 radical (unpaired) electrons. The zero-order valence-corrected chi connectivity index (χ0v) is 10.7. The maximum absolute atomic E-state index is 11.7. The van der Waals surface area contributed by atoms with Gasteiger partial charge in [-0.2, -0.15) is 0 Å². The highest BCUT2D eigenvalue weighted by Crippen LogP contribution is 2.17. The van der Waals surface area contributed by atoms with Crippen LogP contribution >= 0.6 is 15.9 Å². The van der Waals surface area contributed by atoms with E-state index in [1.807, 2.05) is 31.2 Å². The summed E-state index contributed by atoms with van der Waals surface area (Å²) in [6.45, 7) is 4.06. The molecule has 0 unspecified atom stereocenters. The molecule has 3 heteroatoms. The van der Waals surface area contributed by atoms with E-state index in [-0.39, 0.29) is 10.7 Å². The van der Waals surface area contributed by atoms with Crippen LogP contribution in [0.3, 0.4) is 0 Å². The average Bonchev–Trinajstić information content (AvgIpc) is 2.28. The van der Waals surface area contributed by atoms with E-state index in [0.717, 1.165) is 18.5 Å². The molecule has 2 nitrogen and oxygen atoms in total. The van der Waals surface area contributed by atoms with Crippen LogP contribution in [0.5, 0.6) is 0 Å². The lowest BCUT2D eigenvalue weighted by Gasteiger charge is -2.11. The Morgan fingerprint density at radius 2 is 2.07 bits per heavy atom. The summed E-state index contributed by atoms with van der Waals surface area (Å²) in [4.78, 5) is 11.5. The molecular formula is C12H16BrNO. The first kappa shape index (κ1) is 12.2. The summed E-state index contributed by atoms with van der Waals surface area (Å²) in [5.74, 6) is 0.0263. The lowest BCUT2D eigenvalue weighted by atomic mass is 10.1. The maximum atomic E-state index is 11.7. The number of hydrogen-bond acceptors (Lipinski definition) is 1. The molecule has 0 saturated carbocycles. The second-order valence-electron chi connectivity index (χ2n) is 3.38. The SMILES string of the molecule is CCc1ccccc1NC(=O)[C@@H](Br)CC. The quantitative estimate of drug-likeness (QED) is 0.835. The van der Waals surface area contributed by atoms with Gasteiger partial charge in [-0.3, -0.25) is 4.79 Å². The molecule has 1 aromatic carbocycles. The van der Waals surface area contributed by atoms with E-state index in [2.05, 4.69) is 28.2 Å². The molecule has 0 aliphatic carbocycles. The Labute approximate surface area is 99.2 Å². The lowest BCUT2D eigenvalue weighted by Crippen LogP contribution is -2.22. The highest BCUT2D eigenvalue weighted by atomic mass is 79.9. The zero-order valence-electron chi connectivity index (χ0n) is 9.09. The Morgan fingerprint density at radius 3 is 2.67 bits per heavy atom. The van der Waals surface area contributed by atoms with Crippen molar-refractivity contribution in [1.29, 1.82) is 0 Å². The van der Waals surface area contributed by atoms with Crippen LogP contribution < -0.4 is 5.32 Å². The zero-order chi connectivity index (χ0) is 11.3. The molecule has 0 aliphatic rings. The fourth-order valence-electron chi connectivity index (χ4n) is 1.35. The fourth-order valence-corrected chi connectivity index (χ4v) is 1.46. The van der Waals surface area contributed by atoms with Crippen molar-refractivity contribution < 1.29 is 4.79 Å². The van der Waals surface area contributed by atoms with Crippen LogP contribution in [0, 0.1) is 0 Å². The van der Waals surface area contributed by atoms with Gasteiger partial charge in [-0.1, -0.05) is 48.0 Å². The Balaban J connectivity index is 2.76. The predicted molar refractivity (Wildman–Crippen MR) is 67.5 cm³/mol. The number of aryl methyl sites for hydroxylation is 1. The van der Waals surface area contributed by atoms with Gasteiger partial charge in [0.25, 0.3) is 0 Å². The number of carbonyl (C=O) groups is 1. The van der Waals surface area contributed by atoms with E-state index in [1.54, 1.807) is 0 Å². The van der Waals surface area contributed by atoms with Crippen molar-refractivity contribution in [2.75, 3.05) is 5.32 Å². The summed E-state index contributed by atoms with van der Waals surface area (Å²) in [5, 5.41) is 2.93. The van der Waals surface area contributed by atoms with Crippen molar-refractivity contribution in [3.63, 3.8) is 0 Å². The van der Waals surface area contributed by atoms with Gasteiger partial charge in [0.15, 0.2) is 0 Å². The number of amides is 1. The number of carbonyl (C=O) groups excluding carboxylic acids is 1. The van der Waals surface area contributed by atoms with E-state index in [9.17, 15) is 4.79 Å². The first-order chi connectivity index (χ1) is 7.19. The Bertz CT molecular complexity index is 338. The standard InChI is InChI=1S/C12H16BrNO/c1-3-9-7-5-6-8-11(9)14-12(15)10(13)4-2/h5-8,10H,3-4H2,1-2H3,(H,14,15)/t10-/m0/s1. The van der Waals surface area contributed by atoms with Crippen LogP contribution in [-0.4, -0.2) is 10.7 Å². The van der Waals surface area contributed by atoms with Crippen LogP contribution in [-0.2, 0) is 11.2 Å². The van der Waals surface area contributed by atoms with E-state index in [0.29, 0.717) is 0 Å². The van der Waals surface area contributed by atoms with Gasteiger partial charge in [0.2, 0.25) is 5.91 Å². The average molecular weight is 270 g/mol. The van der Waals surface area contributed by atoms with Crippen molar-refractivity contribution in [3.8, 4) is 0 Å². The minimum Gasteiger partial charge on any atom is -0.325 e. The molecule has 15 heavy (non-hydrogen) atoms. The monoisotopic (exact) mass is 269 g/mol. The minimum atomic E-state index is -0.109. The highest BCUT2D eigenvalue weighted by Gasteiger charge is 2.13. The highest BCUT2D eigenvalue weighted by molar-refractivity contribution is 9.10. The summed E-state index contributed by atoms with van der Waals surface area (Å²) in [6, 6.07) is 7.89. The van der Waals surface area contributed by atoms with E-state index in [4.69, 9.17) is 0 Å². The number of halogens is 1. The van der Waals surface area contributed by atoms with Gasteiger partial charge in [-0.25, -0.2) is 0 Å². The molecule has 1 rings (SSSR count). The summed E-state index contributed by atoms with van der Waals surface area (Å²) in [5.41, 5.74) is 2.09. The molecule has 1 amide bonds. The topological polar surface area (TPSA) is 29.1 Å². The molecule has 1 N–H and O–H groups in total. The Morgan fingerprint density at radius 1 is 1.40 bits per heavy atom. The number of hydrogen-bond donors (Lipinski definition) is 1. The molecule has 0 bridgehead atoms. The molecule has 0 spiro atoms. The number of alkyl halides is 1. The van der Waals surface area contributed by atoms with E-state index < -0.39 is 0 Å². The van der Waals surface area contributed by atoms with Crippen LogP contribution in [0.15, 0.2) is 24.3 Å². The van der Waals surface area contributed by atoms with Crippen molar-refractivity contribution in [3.05, 3.63) is 29.8 Å². The number of para-hydroxylation sites is 1. The smallest absolute Gasteiger partial charge is 0.238 e. The number of anilines is 1. The first-order valence-electron chi connectivity index (χ1n) is 5.21. The molecule has 1 atom stereocenters. The van der Waals surface area contributed by atoms with Gasteiger partial charge >= 0.3 is 0 Å². The van der Waals surface area contributed by atoms with Crippen LogP contribution in [0.1, 0.15) is 25.8 Å². The van der Waals surface area contributed by atoms with Crippen molar-refractivity contribution in [1.82, 2.24) is 0 Å². The van der Waals surface area contributed by atoms with Gasteiger partial charge in [0.05, 0.1) is 4.83 Å². The first-order valence-corrected chi connectivity index (χ1v) is 6.13. The van der Waals surface area contributed by atoms with Crippen LogP contribution in [0.25, 0.3) is 0 Å². The summed E-state index contributed by atoms with van der Waals surface area (Å²) in [7, 11) is 0. The van der Waals surface area contributed by atoms with Gasteiger partial charge in [0.1, 0.15) is 0 Å². The van der Waals surface area contributed by atoms with E-state index in [1.165, 1.54) is 5.56 Å².